The van der Waals surface area contributed by atoms with Gasteiger partial charge in [-0.3, -0.25) is 0 Å². The van der Waals surface area contributed by atoms with Crippen molar-refractivity contribution in [2.24, 2.45) is 0 Å². The second kappa shape index (κ2) is 22.1. The van der Waals surface area contributed by atoms with Crippen LogP contribution in [0.25, 0.3) is 0 Å². The summed E-state index contributed by atoms with van der Waals surface area (Å²) in [6, 6.07) is 0. The number of hydrogen-bond acceptors (Lipinski definition) is 2. The van der Waals surface area contributed by atoms with Gasteiger partial charge in [-0.15, -0.1) is 0 Å². The molecule has 0 aromatic carbocycles. The van der Waals surface area contributed by atoms with E-state index in [-0.39, 0.29) is 57.8 Å². The summed E-state index contributed by atoms with van der Waals surface area (Å²) in [6.07, 6.45) is 21.3. The summed E-state index contributed by atoms with van der Waals surface area (Å²) in [5.41, 5.74) is 0. The fraction of sp³-hybridized carbons (Fsp3) is 0.947. The van der Waals surface area contributed by atoms with Gasteiger partial charge in [0, 0.05) is 5.97 Å². The van der Waals surface area contributed by atoms with E-state index in [0.29, 0.717) is 0 Å². The van der Waals surface area contributed by atoms with E-state index in [1.54, 1.807) is 0 Å². The maximum atomic E-state index is 10.2. The topological polar surface area (TPSA) is 40.1 Å². The monoisotopic (exact) mass is 336 g/mol. The molecule has 0 aromatic rings. The molecule has 0 saturated carbocycles. The molecule has 0 aromatic heterocycles. The molecule has 0 aliphatic heterocycles. The third kappa shape index (κ3) is 23.4. The molecule has 0 N–H and O–H groups in total. The normalized spacial score (nSPS) is 10.4. The molecule has 0 radical (unpaired) electrons. The Morgan fingerprint density at radius 2 is 0.864 bits per heavy atom. The van der Waals surface area contributed by atoms with Crippen LogP contribution in [0.4, 0.5) is 0 Å². The van der Waals surface area contributed by atoms with Crippen LogP contribution < -0.4 is 56.5 Å². The maximum absolute atomic E-state index is 10.2. The average Bonchev–Trinajstić information content (AvgIpc) is 2.46. The Bertz CT molecular complexity index is 219. The Morgan fingerprint density at radius 1 is 0.591 bits per heavy atom. The minimum absolute atomic E-state index is 0. The van der Waals surface area contributed by atoms with Gasteiger partial charge in [0.15, 0.2) is 0 Å². The molecule has 0 aliphatic rings. The number of rotatable bonds is 17. The molecule has 2 nitrogen and oxygen atoms in total. The van der Waals surface area contributed by atoms with Crippen LogP contribution in [0.3, 0.4) is 0 Å². The van der Waals surface area contributed by atoms with Crippen LogP contribution in [0.1, 0.15) is 116 Å². The number of aliphatic carboxylic acids is 1. The summed E-state index contributed by atoms with van der Waals surface area (Å²) in [5.74, 6) is -0.902. The van der Waals surface area contributed by atoms with E-state index >= 15 is 0 Å². The molecule has 0 spiro atoms. The first-order valence-corrected chi connectivity index (χ1v) is 9.47. The summed E-state index contributed by atoms with van der Waals surface area (Å²) in [4.78, 5) is 10.2. The van der Waals surface area contributed by atoms with Gasteiger partial charge in [-0.2, -0.15) is 0 Å². The quantitative estimate of drug-likeness (QED) is 0.302. The van der Waals surface area contributed by atoms with E-state index in [4.69, 9.17) is 0 Å². The standard InChI is InChI=1S/C19H38O2.K/c1-2-3-4-5-6-7-8-9-10-11-12-13-14-15-16-17-18-19(20)21;/h2-18H2,1H3,(H,20,21);/q;+1/p-1. The van der Waals surface area contributed by atoms with Crippen molar-refractivity contribution in [1.29, 1.82) is 0 Å². The number of carboxylic acids is 1. The predicted molar refractivity (Wildman–Crippen MR) is 89.2 cm³/mol. The van der Waals surface area contributed by atoms with Gasteiger partial charge >= 0.3 is 51.4 Å². The van der Waals surface area contributed by atoms with E-state index in [1.807, 2.05) is 0 Å². The second-order valence-corrected chi connectivity index (χ2v) is 6.43. The fourth-order valence-electron chi connectivity index (χ4n) is 2.82. The predicted octanol–water partition coefficient (Wildman–Crippen LogP) is 2.39. The van der Waals surface area contributed by atoms with Crippen LogP contribution in [0.2, 0.25) is 0 Å². The molecule has 0 saturated heterocycles. The SMILES string of the molecule is CCCCCCCCCCCCCCCCCCC(=O)[O-].[K+]. The molecule has 0 aliphatic carbocycles. The van der Waals surface area contributed by atoms with Gasteiger partial charge in [-0.05, 0) is 12.8 Å². The van der Waals surface area contributed by atoms with E-state index in [2.05, 4.69) is 6.92 Å². The summed E-state index contributed by atoms with van der Waals surface area (Å²) < 4.78 is 0. The van der Waals surface area contributed by atoms with E-state index in [0.717, 1.165) is 12.8 Å². The Labute approximate surface area is 181 Å². The van der Waals surface area contributed by atoms with Crippen LogP contribution in [-0.4, -0.2) is 5.97 Å². The molecular weight excluding hydrogens is 299 g/mol. The molecule has 126 valence electrons. The Morgan fingerprint density at radius 3 is 1.14 bits per heavy atom. The first-order chi connectivity index (χ1) is 10.3. The van der Waals surface area contributed by atoms with Crippen LogP contribution in [0, 0.1) is 0 Å². The van der Waals surface area contributed by atoms with Crippen LogP contribution >= 0.6 is 0 Å². The molecule has 0 amide bonds. The zero-order valence-electron chi connectivity index (χ0n) is 15.3. The van der Waals surface area contributed by atoms with E-state index in [9.17, 15) is 9.90 Å². The molecule has 0 fully saturated rings. The van der Waals surface area contributed by atoms with Crippen molar-refractivity contribution in [2.75, 3.05) is 0 Å². The Balaban J connectivity index is 0. The van der Waals surface area contributed by atoms with Crippen LogP contribution in [0.15, 0.2) is 0 Å². The zero-order valence-corrected chi connectivity index (χ0v) is 18.5. The van der Waals surface area contributed by atoms with Crippen LogP contribution in [0.5, 0.6) is 0 Å². The zero-order chi connectivity index (χ0) is 15.6. The number of carbonyl (C=O) groups excluding carboxylic acids is 1. The van der Waals surface area contributed by atoms with Gasteiger partial charge in [0.2, 0.25) is 0 Å². The molecule has 3 heteroatoms. The molecule has 0 rings (SSSR count). The molecular formula is C19H37KO2. The largest absolute Gasteiger partial charge is 1.00 e. The van der Waals surface area contributed by atoms with Crippen molar-refractivity contribution in [3.8, 4) is 0 Å². The summed E-state index contributed by atoms with van der Waals surface area (Å²) in [5, 5.41) is 10.2. The van der Waals surface area contributed by atoms with E-state index in [1.165, 1.54) is 89.9 Å². The average molecular weight is 337 g/mol. The molecule has 0 unspecified atom stereocenters. The molecule has 22 heavy (non-hydrogen) atoms. The third-order valence-electron chi connectivity index (χ3n) is 4.23. The van der Waals surface area contributed by atoms with Crippen molar-refractivity contribution in [3.05, 3.63) is 0 Å². The smallest absolute Gasteiger partial charge is 0.550 e. The fourth-order valence-corrected chi connectivity index (χ4v) is 2.82. The van der Waals surface area contributed by atoms with Gasteiger partial charge in [-0.25, -0.2) is 0 Å². The number of carbonyl (C=O) groups is 1. The third-order valence-corrected chi connectivity index (χ3v) is 4.23. The van der Waals surface area contributed by atoms with Crippen molar-refractivity contribution < 1.29 is 61.3 Å². The van der Waals surface area contributed by atoms with Gasteiger partial charge in [-0.1, -0.05) is 103 Å². The van der Waals surface area contributed by atoms with Crippen molar-refractivity contribution in [2.45, 2.75) is 116 Å². The molecule has 0 atom stereocenters. The Kier molecular flexibility index (Phi) is 25.5. The van der Waals surface area contributed by atoms with Crippen LogP contribution in [-0.2, 0) is 4.79 Å². The second-order valence-electron chi connectivity index (χ2n) is 6.43. The number of hydrogen-bond donors (Lipinski definition) is 0. The minimum atomic E-state index is -0.902. The Hall–Kier alpha value is 1.11. The molecule has 0 heterocycles. The van der Waals surface area contributed by atoms with Gasteiger partial charge in [0.05, 0.1) is 0 Å². The number of unbranched alkanes of at least 4 members (excludes halogenated alkanes) is 15. The van der Waals surface area contributed by atoms with Crippen molar-refractivity contribution in [1.82, 2.24) is 0 Å². The molecule has 0 bridgehead atoms. The van der Waals surface area contributed by atoms with Gasteiger partial charge in [0.1, 0.15) is 0 Å². The van der Waals surface area contributed by atoms with Crippen molar-refractivity contribution >= 4 is 5.97 Å². The minimum Gasteiger partial charge on any atom is -0.550 e. The maximum Gasteiger partial charge on any atom is 1.00 e. The summed E-state index contributed by atoms with van der Waals surface area (Å²) in [6.45, 7) is 2.27. The summed E-state index contributed by atoms with van der Waals surface area (Å²) in [7, 11) is 0. The first-order valence-electron chi connectivity index (χ1n) is 9.47. The van der Waals surface area contributed by atoms with Gasteiger partial charge in [0.25, 0.3) is 0 Å². The first kappa shape index (κ1) is 25.3. The van der Waals surface area contributed by atoms with Gasteiger partial charge < -0.3 is 9.90 Å². The number of carboxylic acid groups (broad SMARTS) is 1. The summed E-state index contributed by atoms with van der Waals surface area (Å²) >= 11 is 0. The van der Waals surface area contributed by atoms with Crippen molar-refractivity contribution in [3.63, 3.8) is 0 Å². The van der Waals surface area contributed by atoms with E-state index < -0.39 is 5.97 Å².